The molecule has 0 aromatic rings. The van der Waals surface area contributed by atoms with Crippen LogP contribution in [0.15, 0.2) is 0 Å². The van der Waals surface area contributed by atoms with Crippen LogP contribution in [0.25, 0.3) is 0 Å². The Balaban J connectivity index is 1.98. The number of hydrogen-bond acceptors (Lipinski definition) is 2. The molecule has 0 bridgehead atoms. The van der Waals surface area contributed by atoms with E-state index in [0.717, 1.165) is 12.3 Å². The molecule has 2 N–H and O–H groups in total. The number of amides is 1. The Bertz CT molecular complexity index is 225. The molecule has 0 spiro atoms. The van der Waals surface area contributed by atoms with Gasteiger partial charge in [0.1, 0.15) is 0 Å². The first-order chi connectivity index (χ1) is 6.12. The minimum atomic E-state index is -0.0117. The Hall–Kier alpha value is -0.570. The fraction of sp³-hybridized carbons (Fsp3) is 0.900. The van der Waals surface area contributed by atoms with Crippen molar-refractivity contribution in [1.29, 1.82) is 0 Å². The summed E-state index contributed by atoms with van der Waals surface area (Å²) in [5.74, 6) is 1.09. The predicted molar refractivity (Wildman–Crippen MR) is 50.8 cm³/mol. The van der Waals surface area contributed by atoms with Gasteiger partial charge in [-0.25, -0.2) is 5.43 Å². The minimum absolute atomic E-state index is 0.0117. The smallest absolute Gasteiger partial charge is 0.238 e. The molecule has 1 saturated heterocycles. The van der Waals surface area contributed by atoms with E-state index >= 15 is 0 Å². The highest BCUT2D eigenvalue weighted by atomic mass is 16.2. The van der Waals surface area contributed by atoms with E-state index in [-0.39, 0.29) is 17.4 Å². The molecule has 1 amide bonds. The minimum Gasteiger partial charge on any atom is -0.291 e. The maximum Gasteiger partial charge on any atom is 0.238 e. The highest BCUT2D eigenvalue weighted by molar-refractivity contribution is 5.81. The third-order valence-corrected chi connectivity index (χ3v) is 3.76. The lowest BCUT2D eigenvalue weighted by Crippen LogP contribution is -2.46. The summed E-state index contributed by atoms with van der Waals surface area (Å²) in [5.41, 5.74) is 5.84. The number of carbonyl (C=O) groups excluding carboxylic acids is 1. The van der Waals surface area contributed by atoms with Crippen LogP contribution >= 0.6 is 0 Å². The molecule has 0 aromatic carbocycles. The van der Waals surface area contributed by atoms with Gasteiger partial charge in [0.25, 0.3) is 0 Å². The van der Waals surface area contributed by atoms with E-state index in [9.17, 15) is 4.79 Å². The number of hydrogen-bond donors (Lipinski definition) is 2. The fourth-order valence-corrected chi connectivity index (χ4v) is 2.23. The molecule has 1 saturated carbocycles. The Labute approximate surface area is 79.2 Å². The number of hydrazine groups is 1. The SMILES string of the molecule is CC1C(=O)NNC1(C)CC1CCC1. The molecular weight excluding hydrogens is 164 g/mol. The maximum atomic E-state index is 11.3. The van der Waals surface area contributed by atoms with Crippen molar-refractivity contribution in [1.82, 2.24) is 10.9 Å². The zero-order chi connectivity index (χ0) is 9.47. The van der Waals surface area contributed by atoms with Crippen LogP contribution in [-0.2, 0) is 4.79 Å². The second kappa shape index (κ2) is 2.98. The van der Waals surface area contributed by atoms with Gasteiger partial charge >= 0.3 is 0 Å². The van der Waals surface area contributed by atoms with Crippen molar-refractivity contribution in [3.8, 4) is 0 Å². The van der Waals surface area contributed by atoms with Gasteiger partial charge in [-0.15, -0.1) is 0 Å². The van der Waals surface area contributed by atoms with Crippen molar-refractivity contribution in [2.24, 2.45) is 11.8 Å². The second-order valence-corrected chi connectivity index (χ2v) is 4.75. The molecule has 1 aliphatic carbocycles. The molecule has 2 rings (SSSR count). The first-order valence-corrected chi connectivity index (χ1v) is 5.19. The number of nitrogens with one attached hydrogen (secondary N) is 2. The van der Waals surface area contributed by atoms with Crippen molar-refractivity contribution in [2.45, 2.75) is 45.1 Å². The Morgan fingerprint density at radius 3 is 2.62 bits per heavy atom. The van der Waals surface area contributed by atoms with Crippen LogP contribution in [0.4, 0.5) is 0 Å². The molecule has 3 heteroatoms. The summed E-state index contributed by atoms with van der Waals surface area (Å²) < 4.78 is 0. The molecule has 1 heterocycles. The summed E-state index contributed by atoms with van der Waals surface area (Å²) in [6.45, 7) is 4.15. The van der Waals surface area contributed by atoms with Gasteiger partial charge in [0.2, 0.25) is 5.91 Å². The molecule has 2 unspecified atom stereocenters. The fourth-order valence-electron chi connectivity index (χ4n) is 2.23. The Kier molecular flexibility index (Phi) is 2.06. The second-order valence-electron chi connectivity index (χ2n) is 4.75. The molecule has 3 nitrogen and oxygen atoms in total. The average molecular weight is 182 g/mol. The van der Waals surface area contributed by atoms with Gasteiger partial charge < -0.3 is 0 Å². The summed E-state index contributed by atoms with van der Waals surface area (Å²) in [7, 11) is 0. The monoisotopic (exact) mass is 182 g/mol. The van der Waals surface area contributed by atoms with Crippen molar-refractivity contribution < 1.29 is 4.79 Å². The summed E-state index contributed by atoms with van der Waals surface area (Å²) in [5, 5.41) is 0. The summed E-state index contributed by atoms with van der Waals surface area (Å²) >= 11 is 0. The zero-order valence-electron chi connectivity index (χ0n) is 8.39. The van der Waals surface area contributed by atoms with Crippen LogP contribution in [0.5, 0.6) is 0 Å². The third kappa shape index (κ3) is 1.46. The molecule has 13 heavy (non-hydrogen) atoms. The zero-order valence-corrected chi connectivity index (χ0v) is 8.39. The summed E-state index contributed by atoms with van der Waals surface area (Å²) in [6.07, 6.45) is 5.19. The largest absolute Gasteiger partial charge is 0.291 e. The quantitative estimate of drug-likeness (QED) is 0.674. The highest BCUT2D eigenvalue weighted by Gasteiger charge is 2.43. The molecule has 2 fully saturated rings. The maximum absolute atomic E-state index is 11.3. The van der Waals surface area contributed by atoms with Crippen LogP contribution in [0.2, 0.25) is 0 Å². The van der Waals surface area contributed by atoms with E-state index in [1.54, 1.807) is 0 Å². The molecular formula is C10H18N2O. The predicted octanol–water partition coefficient (Wildman–Crippen LogP) is 1.21. The van der Waals surface area contributed by atoms with Gasteiger partial charge in [-0.3, -0.25) is 10.2 Å². The first-order valence-electron chi connectivity index (χ1n) is 5.19. The van der Waals surface area contributed by atoms with Gasteiger partial charge in [0.05, 0.1) is 5.92 Å². The van der Waals surface area contributed by atoms with Crippen molar-refractivity contribution >= 4 is 5.91 Å². The van der Waals surface area contributed by atoms with E-state index in [4.69, 9.17) is 0 Å². The van der Waals surface area contributed by atoms with Crippen LogP contribution in [-0.4, -0.2) is 11.4 Å². The van der Waals surface area contributed by atoms with E-state index in [1.165, 1.54) is 19.3 Å². The number of rotatable bonds is 2. The standard InChI is InChI=1S/C10H18N2O/c1-7-9(13)11-12-10(7,2)6-8-4-3-5-8/h7-8,12H,3-6H2,1-2H3,(H,11,13). The van der Waals surface area contributed by atoms with Crippen molar-refractivity contribution in [3.05, 3.63) is 0 Å². The van der Waals surface area contributed by atoms with E-state index in [2.05, 4.69) is 17.8 Å². The van der Waals surface area contributed by atoms with Gasteiger partial charge in [-0.1, -0.05) is 26.2 Å². The lowest BCUT2D eigenvalue weighted by molar-refractivity contribution is -0.122. The molecule has 2 aliphatic rings. The summed E-state index contributed by atoms with van der Waals surface area (Å²) in [6, 6.07) is 0. The highest BCUT2D eigenvalue weighted by Crippen LogP contribution is 2.37. The summed E-state index contributed by atoms with van der Waals surface area (Å²) in [4.78, 5) is 11.3. The van der Waals surface area contributed by atoms with Crippen molar-refractivity contribution in [2.75, 3.05) is 0 Å². The van der Waals surface area contributed by atoms with Gasteiger partial charge in [0.15, 0.2) is 0 Å². The van der Waals surface area contributed by atoms with Crippen LogP contribution in [0, 0.1) is 11.8 Å². The van der Waals surface area contributed by atoms with Crippen LogP contribution in [0.3, 0.4) is 0 Å². The average Bonchev–Trinajstić information content (AvgIpc) is 2.28. The molecule has 0 radical (unpaired) electrons. The van der Waals surface area contributed by atoms with E-state index in [0.29, 0.717) is 0 Å². The molecule has 74 valence electrons. The van der Waals surface area contributed by atoms with Gasteiger partial charge in [0, 0.05) is 5.54 Å². The lowest BCUT2D eigenvalue weighted by atomic mass is 9.73. The Morgan fingerprint density at radius 2 is 2.23 bits per heavy atom. The van der Waals surface area contributed by atoms with E-state index < -0.39 is 0 Å². The molecule has 2 atom stereocenters. The van der Waals surface area contributed by atoms with Crippen LogP contribution < -0.4 is 10.9 Å². The Morgan fingerprint density at radius 1 is 1.54 bits per heavy atom. The van der Waals surface area contributed by atoms with E-state index in [1.807, 2.05) is 6.92 Å². The topological polar surface area (TPSA) is 41.1 Å². The number of carbonyl (C=O) groups is 1. The lowest BCUT2D eigenvalue weighted by Gasteiger charge is -2.35. The molecule has 0 aromatic heterocycles. The van der Waals surface area contributed by atoms with Crippen molar-refractivity contribution in [3.63, 3.8) is 0 Å². The first kappa shape index (κ1) is 9.00. The van der Waals surface area contributed by atoms with Gasteiger partial charge in [-0.2, -0.15) is 0 Å². The molecule has 1 aliphatic heterocycles. The normalized spacial score (nSPS) is 40.2. The van der Waals surface area contributed by atoms with Crippen LogP contribution in [0.1, 0.15) is 39.5 Å². The van der Waals surface area contributed by atoms with Gasteiger partial charge in [-0.05, 0) is 19.3 Å². The third-order valence-electron chi connectivity index (χ3n) is 3.76.